The molecule has 2 atom stereocenters. The highest BCUT2D eigenvalue weighted by Crippen LogP contribution is 2.43. The third-order valence-corrected chi connectivity index (χ3v) is 9.90. The maximum atomic E-state index is 12.8. The van der Waals surface area contributed by atoms with E-state index in [0.717, 1.165) is 36.0 Å². The molecule has 32 heavy (non-hydrogen) atoms. The number of carbonyl (C=O) groups excluding carboxylic acids is 1. The van der Waals surface area contributed by atoms with E-state index in [1.54, 1.807) is 21.0 Å². The predicted molar refractivity (Wildman–Crippen MR) is 129 cm³/mol. The van der Waals surface area contributed by atoms with Crippen molar-refractivity contribution >= 4 is 21.3 Å². The zero-order valence-corrected chi connectivity index (χ0v) is 20.8. The van der Waals surface area contributed by atoms with E-state index in [-0.39, 0.29) is 5.41 Å². The van der Waals surface area contributed by atoms with Crippen LogP contribution in [0.25, 0.3) is 5.57 Å². The van der Waals surface area contributed by atoms with E-state index in [4.69, 9.17) is 10.5 Å². The van der Waals surface area contributed by atoms with Crippen LogP contribution in [-0.4, -0.2) is 45.1 Å². The minimum atomic E-state index is -3.17. The fourth-order valence-electron chi connectivity index (χ4n) is 5.21. The van der Waals surface area contributed by atoms with Gasteiger partial charge in [0, 0.05) is 24.8 Å². The highest BCUT2D eigenvalue weighted by Gasteiger charge is 2.46. The largest absolute Gasteiger partial charge is 0.383 e. The van der Waals surface area contributed by atoms with Gasteiger partial charge in [-0.3, -0.25) is 4.79 Å². The van der Waals surface area contributed by atoms with Crippen LogP contribution in [0.5, 0.6) is 0 Å². The van der Waals surface area contributed by atoms with Crippen molar-refractivity contribution in [1.29, 1.82) is 0 Å². The van der Waals surface area contributed by atoms with E-state index in [0.29, 0.717) is 31.6 Å². The molecule has 0 saturated carbocycles. The summed E-state index contributed by atoms with van der Waals surface area (Å²) in [7, 11) is -1.52. The first-order valence-electron chi connectivity index (χ1n) is 11.5. The van der Waals surface area contributed by atoms with Crippen molar-refractivity contribution in [3.05, 3.63) is 41.0 Å². The molecule has 178 valence electrons. The van der Waals surface area contributed by atoms with Crippen molar-refractivity contribution in [3.63, 3.8) is 0 Å². The molecule has 1 saturated heterocycles. The molecule has 2 aliphatic rings. The van der Waals surface area contributed by atoms with Gasteiger partial charge in [0.25, 0.3) is 0 Å². The highest BCUT2D eigenvalue weighted by molar-refractivity contribution is 7.92. The van der Waals surface area contributed by atoms with Gasteiger partial charge in [-0.1, -0.05) is 26.0 Å². The van der Waals surface area contributed by atoms with E-state index in [1.807, 2.05) is 12.1 Å². The summed E-state index contributed by atoms with van der Waals surface area (Å²) in [6.45, 7) is 9.24. The van der Waals surface area contributed by atoms with Crippen LogP contribution in [0, 0.1) is 5.41 Å². The maximum Gasteiger partial charge on any atom is 0.249 e. The molecule has 1 aromatic rings. The number of methoxy groups -OCH3 is 1. The number of rotatable bonds is 7. The number of ether oxygens (including phenoxy) is 1. The zero-order valence-electron chi connectivity index (χ0n) is 20.0. The second-order valence-corrected chi connectivity index (χ2v) is 13.1. The third kappa shape index (κ3) is 4.95. The Morgan fingerprint density at radius 3 is 2.41 bits per heavy atom. The summed E-state index contributed by atoms with van der Waals surface area (Å²) in [5, 5.41) is 2.69. The molecule has 0 aromatic heterocycles. The molecule has 2 unspecified atom stereocenters. The quantitative estimate of drug-likeness (QED) is 0.601. The average Bonchev–Trinajstić information content (AvgIpc) is 2.72. The molecule has 3 rings (SSSR count). The number of allylic oxidation sites excluding steroid dienone is 2. The molecule has 0 radical (unpaired) electrons. The van der Waals surface area contributed by atoms with Crippen LogP contribution >= 0.6 is 0 Å². The van der Waals surface area contributed by atoms with E-state index in [2.05, 4.69) is 31.3 Å². The number of primary amides is 1. The van der Waals surface area contributed by atoms with Crippen molar-refractivity contribution in [2.75, 3.05) is 20.3 Å². The van der Waals surface area contributed by atoms with Crippen molar-refractivity contribution in [2.24, 2.45) is 11.1 Å². The number of carbonyl (C=O) groups is 1. The van der Waals surface area contributed by atoms with Gasteiger partial charge in [0.2, 0.25) is 5.91 Å². The van der Waals surface area contributed by atoms with Gasteiger partial charge < -0.3 is 15.8 Å². The molecule has 0 spiro atoms. The lowest BCUT2D eigenvalue weighted by Gasteiger charge is -2.44. The average molecular weight is 463 g/mol. The Bertz CT molecular complexity index is 979. The summed E-state index contributed by atoms with van der Waals surface area (Å²) in [4.78, 5) is 12.2. The molecular weight excluding hydrogens is 424 g/mol. The first-order chi connectivity index (χ1) is 14.9. The molecular formula is C25H38N2O4S. The number of sulfone groups is 1. The van der Waals surface area contributed by atoms with Crippen molar-refractivity contribution in [1.82, 2.24) is 5.32 Å². The monoisotopic (exact) mass is 462 g/mol. The molecule has 1 aromatic carbocycles. The summed E-state index contributed by atoms with van der Waals surface area (Å²) in [5.41, 5.74) is 9.04. The Morgan fingerprint density at radius 1 is 1.22 bits per heavy atom. The molecule has 1 fully saturated rings. The number of nitrogens with two attached hydrogens (primary N) is 1. The van der Waals surface area contributed by atoms with E-state index < -0.39 is 31.8 Å². The van der Waals surface area contributed by atoms with Crippen LogP contribution in [0.2, 0.25) is 0 Å². The van der Waals surface area contributed by atoms with Crippen LogP contribution in [-0.2, 0) is 20.1 Å². The summed E-state index contributed by atoms with van der Waals surface area (Å²) in [6.07, 6.45) is 6.08. The molecule has 7 heteroatoms. The molecule has 0 bridgehead atoms. The molecule has 1 heterocycles. The van der Waals surface area contributed by atoms with Crippen LogP contribution in [0.3, 0.4) is 0 Å². The van der Waals surface area contributed by atoms with Gasteiger partial charge >= 0.3 is 0 Å². The van der Waals surface area contributed by atoms with Crippen LogP contribution in [0.4, 0.5) is 0 Å². The fraction of sp³-hybridized carbons (Fsp3) is 0.640. The van der Waals surface area contributed by atoms with Crippen molar-refractivity contribution < 1.29 is 17.9 Å². The summed E-state index contributed by atoms with van der Waals surface area (Å²) in [6, 6.07) is 5.82. The smallest absolute Gasteiger partial charge is 0.249 e. The Labute approximate surface area is 192 Å². The first kappa shape index (κ1) is 24.9. The minimum Gasteiger partial charge on any atom is -0.383 e. The lowest BCUT2D eigenvalue weighted by atomic mass is 9.75. The fourth-order valence-corrected chi connectivity index (χ4v) is 7.04. The number of hydrogen-bond acceptors (Lipinski definition) is 5. The van der Waals surface area contributed by atoms with Gasteiger partial charge in [-0.15, -0.1) is 0 Å². The Hall–Kier alpha value is -1.70. The number of benzene rings is 1. The Morgan fingerprint density at radius 2 is 1.88 bits per heavy atom. The number of amides is 1. The topological polar surface area (TPSA) is 98.5 Å². The Balaban J connectivity index is 2.09. The minimum absolute atomic E-state index is 0.250. The lowest BCUT2D eigenvalue weighted by Crippen LogP contribution is -2.54. The third-order valence-electron chi connectivity index (χ3n) is 7.32. The normalized spacial score (nSPS) is 29.3. The van der Waals surface area contributed by atoms with Gasteiger partial charge in [-0.2, -0.15) is 0 Å². The predicted octanol–water partition coefficient (Wildman–Crippen LogP) is 3.80. The molecule has 1 aliphatic carbocycles. The zero-order chi connectivity index (χ0) is 23.7. The van der Waals surface area contributed by atoms with Crippen molar-refractivity contribution in [3.8, 4) is 0 Å². The second kappa shape index (κ2) is 9.27. The van der Waals surface area contributed by atoms with Gasteiger partial charge in [-0.05, 0) is 80.2 Å². The second-order valence-electron chi connectivity index (χ2n) is 10.3. The van der Waals surface area contributed by atoms with E-state index in [9.17, 15) is 13.2 Å². The maximum absolute atomic E-state index is 12.8. The summed E-state index contributed by atoms with van der Waals surface area (Å²) in [5.74, 6) is -0.438. The highest BCUT2D eigenvalue weighted by atomic mass is 32.2. The standard InChI is InChI=1S/C25H38N2O4S/c1-17-15-25(27-12-13-31-5,16-18(2)32(17,29)30)20-6-7-21(23(26)28)22(14-20)19-8-10-24(3,4)11-9-19/h6-8,14,17-18,27H,9-13,15-16H2,1-5H3,(H2,26,28). The number of hydrogen-bond donors (Lipinski definition) is 2. The number of nitrogens with one attached hydrogen (secondary N) is 1. The van der Waals surface area contributed by atoms with Crippen LogP contribution in [0.1, 0.15) is 81.3 Å². The molecule has 3 N–H and O–H groups in total. The van der Waals surface area contributed by atoms with Gasteiger partial charge in [0.05, 0.1) is 17.1 Å². The van der Waals surface area contributed by atoms with Gasteiger partial charge in [0.1, 0.15) is 0 Å². The molecule has 1 amide bonds. The van der Waals surface area contributed by atoms with E-state index in [1.165, 1.54) is 0 Å². The van der Waals surface area contributed by atoms with Crippen molar-refractivity contribution in [2.45, 2.75) is 75.8 Å². The van der Waals surface area contributed by atoms with Crippen LogP contribution in [0.15, 0.2) is 24.3 Å². The first-order valence-corrected chi connectivity index (χ1v) is 13.1. The van der Waals surface area contributed by atoms with Gasteiger partial charge in [-0.25, -0.2) is 8.42 Å². The SMILES string of the molecule is COCCNC1(c2ccc(C(N)=O)c(C3=CCC(C)(C)CC3)c2)CC(C)S(=O)(=O)C(C)C1. The molecule has 1 aliphatic heterocycles. The summed E-state index contributed by atoms with van der Waals surface area (Å²) < 4.78 is 30.8. The Kier molecular flexibility index (Phi) is 7.23. The summed E-state index contributed by atoms with van der Waals surface area (Å²) >= 11 is 0. The van der Waals surface area contributed by atoms with Gasteiger partial charge in [0.15, 0.2) is 9.84 Å². The van der Waals surface area contributed by atoms with Crippen LogP contribution < -0.4 is 11.1 Å². The lowest BCUT2D eigenvalue weighted by molar-refractivity contribution is 0.1000. The van der Waals surface area contributed by atoms with E-state index >= 15 is 0 Å². The molecule has 6 nitrogen and oxygen atoms in total.